The van der Waals surface area contributed by atoms with Gasteiger partial charge >= 0.3 is 5.97 Å². The Morgan fingerprint density at radius 1 is 1.43 bits per heavy atom. The van der Waals surface area contributed by atoms with Crippen molar-refractivity contribution >= 4 is 39.4 Å². The molecule has 10 heteroatoms. The number of aromatic nitrogens is 2. The topological polar surface area (TPSA) is 98.6 Å². The van der Waals surface area contributed by atoms with Crippen LogP contribution in [0.5, 0.6) is 0 Å². The molecule has 1 aliphatic rings. The van der Waals surface area contributed by atoms with Gasteiger partial charge in [-0.3, -0.25) is 9.48 Å². The van der Waals surface area contributed by atoms with Crippen molar-refractivity contribution in [2.45, 2.75) is 39.2 Å². The van der Waals surface area contributed by atoms with Crippen LogP contribution in [0.4, 0.5) is 0 Å². The molecule has 0 N–H and O–H groups in total. The van der Waals surface area contributed by atoms with Gasteiger partial charge in [-0.2, -0.15) is 5.10 Å². The Kier molecular flexibility index (Phi) is 7.65. The summed E-state index contributed by atoms with van der Waals surface area (Å²) in [5.41, 5.74) is 1.27. The number of rotatable bonds is 8. The van der Waals surface area contributed by atoms with Crippen LogP contribution in [-0.4, -0.2) is 65.7 Å². The van der Waals surface area contributed by atoms with Crippen LogP contribution >= 0.6 is 11.6 Å². The van der Waals surface area contributed by atoms with E-state index in [-0.39, 0.29) is 23.5 Å². The minimum atomic E-state index is -3.11. The predicted molar refractivity (Wildman–Crippen MR) is 107 cm³/mol. The molecule has 1 aliphatic heterocycles. The highest BCUT2D eigenvalue weighted by molar-refractivity contribution is 7.91. The molecule has 0 radical (unpaired) electrons. The SMILES string of the molecule is CCCCN(C(=O)COC(=O)/C=C/c1c(C)nn(C)c1Cl)C1CCS(=O)(=O)C1. The average Bonchev–Trinajstić information content (AvgIpc) is 3.10. The fourth-order valence-electron chi connectivity index (χ4n) is 3.11. The van der Waals surface area contributed by atoms with Crippen LogP contribution in [0.1, 0.15) is 37.4 Å². The summed E-state index contributed by atoms with van der Waals surface area (Å²) in [4.78, 5) is 26.0. The van der Waals surface area contributed by atoms with Crippen molar-refractivity contribution in [1.82, 2.24) is 14.7 Å². The van der Waals surface area contributed by atoms with Gasteiger partial charge in [0.1, 0.15) is 5.15 Å². The Labute approximate surface area is 170 Å². The Morgan fingerprint density at radius 3 is 2.68 bits per heavy atom. The minimum Gasteiger partial charge on any atom is -0.452 e. The summed E-state index contributed by atoms with van der Waals surface area (Å²) in [6.07, 6.45) is 4.74. The van der Waals surface area contributed by atoms with E-state index in [0.717, 1.165) is 12.8 Å². The number of amides is 1. The molecule has 1 amide bonds. The predicted octanol–water partition coefficient (Wildman–Crippen LogP) is 1.75. The molecule has 1 fully saturated rings. The molecule has 0 saturated carbocycles. The molecule has 8 nitrogen and oxygen atoms in total. The highest BCUT2D eigenvalue weighted by Gasteiger charge is 2.34. The van der Waals surface area contributed by atoms with Crippen LogP contribution < -0.4 is 0 Å². The second-order valence-corrected chi connectivity index (χ2v) is 9.44. The van der Waals surface area contributed by atoms with Crippen molar-refractivity contribution in [3.63, 3.8) is 0 Å². The first-order chi connectivity index (χ1) is 13.1. The van der Waals surface area contributed by atoms with E-state index in [2.05, 4.69) is 5.10 Å². The molecular formula is C18H26ClN3O5S. The maximum atomic E-state index is 12.5. The first-order valence-electron chi connectivity index (χ1n) is 9.18. The lowest BCUT2D eigenvalue weighted by atomic mass is 10.2. The van der Waals surface area contributed by atoms with E-state index in [0.29, 0.717) is 29.4 Å². The molecule has 1 atom stereocenters. The molecule has 1 aromatic rings. The Balaban J connectivity index is 1.95. The summed E-state index contributed by atoms with van der Waals surface area (Å²) in [7, 11) is -1.42. The lowest BCUT2D eigenvalue weighted by molar-refractivity contribution is -0.149. The zero-order chi connectivity index (χ0) is 20.9. The first kappa shape index (κ1) is 22.4. The number of carbonyl (C=O) groups is 2. The van der Waals surface area contributed by atoms with Gasteiger partial charge in [-0.05, 0) is 25.8 Å². The van der Waals surface area contributed by atoms with Crippen LogP contribution in [0.2, 0.25) is 5.15 Å². The molecule has 2 rings (SSSR count). The van der Waals surface area contributed by atoms with Crippen LogP contribution in [-0.2, 0) is 31.2 Å². The van der Waals surface area contributed by atoms with E-state index in [4.69, 9.17) is 16.3 Å². The minimum absolute atomic E-state index is 0.0327. The van der Waals surface area contributed by atoms with E-state index in [9.17, 15) is 18.0 Å². The van der Waals surface area contributed by atoms with Gasteiger partial charge in [-0.1, -0.05) is 24.9 Å². The standard InChI is InChI=1S/C18H26ClN3O5S/c1-4-5-9-22(14-8-10-28(25,26)12-14)16(23)11-27-17(24)7-6-15-13(2)20-21(3)18(15)19/h6-7,14H,4-5,8-12H2,1-3H3/b7-6+. The summed E-state index contributed by atoms with van der Waals surface area (Å²) in [5.74, 6) is -1.01. The monoisotopic (exact) mass is 431 g/mol. The average molecular weight is 432 g/mol. The smallest absolute Gasteiger partial charge is 0.331 e. The first-order valence-corrected chi connectivity index (χ1v) is 11.4. The van der Waals surface area contributed by atoms with Crippen molar-refractivity contribution in [2.75, 3.05) is 24.7 Å². The summed E-state index contributed by atoms with van der Waals surface area (Å²) < 4.78 is 30.0. The zero-order valence-corrected chi connectivity index (χ0v) is 17.9. The number of sulfone groups is 1. The fraction of sp³-hybridized carbons (Fsp3) is 0.611. The quantitative estimate of drug-likeness (QED) is 0.459. The van der Waals surface area contributed by atoms with Gasteiger partial charge in [-0.15, -0.1) is 0 Å². The van der Waals surface area contributed by atoms with Gasteiger partial charge in [0.05, 0.1) is 17.2 Å². The molecule has 1 unspecified atom stereocenters. The van der Waals surface area contributed by atoms with Crippen LogP contribution in [0.3, 0.4) is 0 Å². The number of esters is 1. The molecule has 28 heavy (non-hydrogen) atoms. The lowest BCUT2D eigenvalue weighted by Gasteiger charge is -2.28. The molecule has 0 aliphatic carbocycles. The molecule has 156 valence electrons. The third-order valence-corrected chi connectivity index (χ3v) is 6.84. The highest BCUT2D eigenvalue weighted by Crippen LogP contribution is 2.20. The Morgan fingerprint density at radius 2 is 2.14 bits per heavy atom. The van der Waals surface area contributed by atoms with Crippen LogP contribution in [0.25, 0.3) is 6.08 Å². The Hall–Kier alpha value is -1.87. The van der Waals surface area contributed by atoms with Gasteiger partial charge < -0.3 is 9.64 Å². The molecule has 2 heterocycles. The van der Waals surface area contributed by atoms with E-state index in [1.807, 2.05) is 6.92 Å². The van der Waals surface area contributed by atoms with Crippen LogP contribution in [0, 0.1) is 6.92 Å². The highest BCUT2D eigenvalue weighted by atomic mass is 35.5. The normalized spacial score (nSPS) is 18.5. The van der Waals surface area contributed by atoms with Gasteiger partial charge in [-0.25, -0.2) is 13.2 Å². The van der Waals surface area contributed by atoms with Crippen molar-refractivity contribution in [1.29, 1.82) is 0 Å². The van der Waals surface area contributed by atoms with E-state index < -0.39 is 22.4 Å². The van der Waals surface area contributed by atoms with Crippen molar-refractivity contribution < 1.29 is 22.7 Å². The molecule has 0 spiro atoms. The van der Waals surface area contributed by atoms with Crippen LogP contribution in [0.15, 0.2) is 6.08 Å². The number of unbranched alkanes of at least 4 members (excludes halogenated alkanes) is 1. The number of hydrogen-bond donors (Lipinski definition) is 0. The number of halogens is 1. The maximum Gasteiger partial charge on any atom is 0.331 e. The van der Waals surface area contributed by atoms with E-state index in [1.165, 1.54) is 21.7 Å². The third kappa shape index (κ3) is 5.81. The summed E-state index contributed by atoms with van der Waals surface area (Å²) in [6, 6.07) is -0.352. The third-order valence-electron chi connectivity index (χ3n) is 4.64. The number of nitrogens with zero attached hydrogens (tertiary/aromatic N) is 3. The Bertz CT molecular complexity index is 863. The van der Waals surface area contributed by atoms with Gasteiger partial charge in [0, 0.05) is 31.3 Å². The van der Waals surface area contributed by atoms with Crippen molar-refractivity contribution in [3.05, 3.63) is 22.5 Å². The van der Waals surface area contributed by atoms with Gasteiger partial charge in [0.2, 0.25) is 0 Å². The molecular weight excluding hydrogens is 406 g/mol. The molecule has 1 aromatic heterocycles. The second kappa shape index (κ2) is 9.56. The molecule has 0 bridgehead atoms. The zero-order valence-electron chi connectivity index (χ0n) is 16.4. The van der Waals surface area contributed by atoms with Crippen molar-refractivity contribution in [2.24, 2.45) is 7.05 Å². The summed E-state index contributed by atoms with van der Waals surface area (Å²) in [5, 5.41) is 4.54. The summed E-state index contributed by atoms with van der Waals surface area (Å²) in [6.45, 7) is 3.78. The molecule has 1 saturated heterocycles. The lowest BCUT2D eigenvalue weighted by Crippen LogP contribution is -2.43. The van der Waals surface area contributed by atoms with E-state index >= 15 is 0 Å². The fourth-order valence-corrected chi connectivity index (χ4v) is 5.08. The van der Waals surface area contributed by atoms with Gasteiger partial charge in [0.15, 0.2) is 16.4 Å². The number of aryl methyl sites for hydroxylation is 2. The second-order valence-electron chi connectivity index (χ2n) is 6.85. The number of ether oxygens (including phenoxy) is 1. The van der Waals surface area contributed by atoms with Crippen molar-refractivity contribution in [3.8, 4) is 0 Å². The number of carbonyl (C=O) groups excluding carboxylic acids is 2. The largest absolute Gasteiger partial charge is 0.452 e. The van der Waals surface area contributed by atoms with E-state index in [1.54, 1.807) is 14.0 Å². The summed E-state index contributed by atoms with van der Waals surface area (Å²) >= 11 is 6.10. The molecule has 0 aromatic carbocycles. The number of hydrogen-bond acceptors (Lipinski definition) is 6. The van der Waals surface area contributed by atoms with Gasteiger partial charge in [0.25, 0.3) is 5.91 Å². The maximum absolute atomic E-state index is 12.5.